The van der Waals surface area contributed by atoms with E-state index in [0.29, 0.717) is 19.6 Å². The summed E-state index contributed by atoms with van der Waals surface area (Å²) >= 11 is 5.99. The van der Waals surface area contributed by atoms with Crippen molar-refractivity contribution in [1.29, 1.82) is 0 Å². The van der Waals surface area contributed by atoms with Crippen LogP contribution in [0.25, 0.3) is 0 Å². The normalized spacial score (nSPS) is 16.4. The van der Waals surface area contributed by atoms with E-state index in [4.69, 9.17) is 11.6 Å². The Labute approximate surface area is 152 Å². The third-order valence-corrected chi connectivity index (χ3v) is 6.14. The van der Waals surface area contributed by atoms with Crippen molar-refractivity contribution in [3.05, 3.63) is 29.3 Å². The molecule has 0 aliphatic carbocycles. The maximum absolute atomic E-state index is 12.6. The minimum absolute atomic E-state index is 0.0388. The van der Waals surface area contributed by atoms with E-state index in [2.05, 4.69) is 10.6 Å². The number of rotatable bonds is 5. The van der Waals surface area contributed by atoms with Crippen LogP contribution in [0.2, 0.25) is 5.02 Å². The van der Waals surface area contributed by atoms with Gasteiger partial charge in [-0.1, -0.05) is 23.7 Å². The Morgan fingerprint density at radius 1 is 1.16 bits per heavy atom. The van der Waals surface area contributed by atoms with Crippen LogP contribution in [0.15, 0.2) is 29.2 Å². The summed E-state index contributed by atoms with van der Waals surface area (Å²) in [6, 6.07) is 5.78. The summed E-state index contributed by atoms with van der Waals surface area (Å²) in [4.78, 5) is 25.0. The molecule has 8 nitrogen and oxygen atoms in total. The van der Waals surface area contributed by atoms with Gasteiger partial charge in [0.05, 0.1) is 11.6 Å². The Kier molecular flexibility index (Phi) is 6.77. The number of piperazine rings is 1. The topological polar surface area (TPSA) is 98.8 Å². The zero-order chi connectivity index (χ0) is 18.4. The van der Waals surface area contributed by atoms with Crippen LogP contribution in [0.3, 0.4) is 0 Å². The molecule has 10 heteroatoms. The van der Waals surface area contributed by atoms with Gasteiger partial charge >= 0.3 is 6.03 Å². The highest BCUT2D eigenvalue weighted by molar-refractivity contribution is 7.89. The van der Waals surface area contributed by atoms with Crippen molar-refractivity contribution in [3.63, 3.8) is 0 Å². The van der Waals surface area contributed by atoms with Crippen LogP contribution in [-0.4, -0.2) is 68.8 Å². The lowest BCUT2D eigenvalue weighted by Gasteiger charge is -2.33. The van der Waals surface area contributed by atoms with Crippen LogP contribution >= 0.6 is 11.6 Å². The first kappa shape index (κ1) is 19.6. The molecule has 0 radical (unpaired) electrons. The molecule has 1 heterocycles. The lowest BCUT2D eigenvalue weighted by Crippen LogP contribution is -2.52. The first-order valence-electron chi connectivity index (χ1n) is 7.89. The van der Waals surface area contributed by atoms with E-state index in [-0.39, 0.29) is 29.6 Å². The molecule has 1 aliphatic heterocycles. The van der Waals surface area contributed by atoms with Crippen molar-refractivity contribution in [2.45, 2.75) is 11.8 Å². The molecular weight excluding hydrogens is 368 g/mol. The Balaban J connectivity index is 1.90. The van der Waals surface area contributed by atoms with Gasteiger partial charge in [0.1, 0.15) is 4.90 Å². The number of benzene rings is 1. The fraction of sp³-hybridized carbons (Fsp3) is 0.467. The number of hydrogen-bond acceptors (Lipinski definition) is 5. The Bertz CT molecular complexity index is 733. The van der Waals surface area contributed by atoms with E-state index in [1.165, 1.54) is 16.4 Å². The van der Waals surface area contributed by atoms with Gasteiger partial charge in [0.15, 0.2) is 0 Å². The molecule has 1 aromatic carbocycles. The molecule has 25 heavy (non-hydrogen) atoms. The van der Waals surface area contributed by atoms with Crippen molar-refractivity contribution in [3.8, 4) is 0 Å². The second-order valence-electron chi connectivity index (χ2n) is 5.52. The third kappa shape index (κ3) is 5.15. The molecular formula is C15H21ClN4O4S. The quantitative estimate of drug-likeness (QED) is 0.765. The molecule has 1 aromatic rings. The zero-order valence-electron chi connectivity index (χ0n) is 13.9. The van der Waals surface area contributed by atoms with E-state index in [1.54, 1.807) is 24.0 Å². The second kappa shape index (κ2) is 8.61. The molecule has 2 N–H and O–H groups in total. The lowest BCUT2D eigenvalue weighted by atomic mass is 10.3. The summed E-state index contributed by atoms with van der Waals surface area (Å²) in [7, 11) is -3.66. The highest BCUT2D eigenvalue weighted by Gasteiger charge is 2.30. The third-order valence-electron chi connectivity index (χ3n) is 3.74. The van der Waals surface area contributed by atoms with Crippen molar-refractivity contribution < 1.29 is 18.0 Å². The summed E-state index contributed by atoms with van der Waals surface area (Å²) in [5.74, 6) is -0.423. The van der Waals surface area contributed by atoms with E-state index in [0.717, 1.165) is 0 Å². The van der Waals surface area contributed by atoms with Crippen LogP contribution in [0, 0.1) is 0 Å². The molecule has 138 valence electrons. The number of carbonyl (C=O) groups is 2. The molecule has 1 aliphatic rings. The van der Waals surface area contributed by atoms with E-state index in [1.807, 2.05) is 0 Å². The van der Waals surface area contributed by atoms with Gasteiger partial charge in [0, 0.05) is 32.7 Å². The first-order valence-corrected chi connectivity index (χ1v) is 9.71. The van der Waals surface area contributed by atoms with Gasteiger partial charge in [-0.2, -0.15) is 4.31 Å². The van der Waals surface area contributed by atoms with Crippen LogP contribution in [0.5, 0.6) is 0 Å². The number of sulfonamides is 1. The largest absolute Gasteiger partial charge is 0.338 e. The van der Waals surface area contributed by atoms with E-state index >= 15 is 0 Å². The predicted octanol–water partition coefficient (Wildman–Crippen LogP) is 0.492. The SMILES string of the molecule is CCNC(=O)NC(=O)CN1CCN(S(=O)(=O)c2ccccc2Cl)CC1. The van der Waals surface area contributed by atoms with Gasteiger partial charge in [-0.3, -0.25) is 15.0 Å². The lowest BCUT2D eigenvalue weighted by molar-refractivity contribution is -0.121. The number of carbonyl (C=O) groups excluding carboxylic acids is 2. The average Bonchev–Trinajstić information content (AvgIpc) is 2.55. The van der Waals surface area contributed by atoms with Crippen LogP contribution in [0.1, 0.15) is 6.92 Å². The molecule has 0 bridgehead atoms. The Morgan fingerprint density at radius 3 is 2.40 bits per heavy atom. The van der Waals surface area contributed by atoms with E-state index in [9.17, 15) is 18.0 Å². The van der Waals surface area contributed by atoms with Crippen molar-refractivity contribution in [2.24, 2.45) is 0 Å². The minimum atomic E-state index is -3.66. The summed E-state index contributed by atoms with van der Waals surface area (Å²) in [5, 5.41) is 4.88. The summed E-state index contributed by atoms with van der Waals surface area (Å²) in [6.07, 6.45) is 0. The number of urea groups is 1. The van der Waals surface area contributed by atoms with Gasteiger partial charge in [-0.25, -0.2) is 13.2 Å². The molecule has 3 amide bonds. The number of amides is 3. The number of nitrogens with one attached hydrogen (secondary N) is 2. The maximum Gasteiger partial charge on any atom is 0.321 e. The molecule has 0 atom stereocenters. The molecule has 1 fully saturated rings. The monoisotopic (exact) mass is 388 g/mol. The minimum Gasteiger partial charge on any atom is -0.338 e. The maximum atomic E-state index is 12.6. The smallest absolute Gasteiger partial charge is 0.321 e. The van der Waals surface area contributed by atoms with Gasteiger partial charge in [0.2, 0.25) is 15.9 Å². The first-order chi connectivity index (χ1) is 11.8. The van der Waals surface area contributed by atoms with Gasteiger partial charge in [-0.05, 0) is 19.1 Å². The highest BCUT2D eigenvalue weighted by atomic mass is 35.5. The van der Waals surface area contributed by atoms with Gasteiger partial charge in [-0.15, -0.1) is 0 Å². The van der Waals surface area contributed by atoms with Crippen LogP contribution in [-0.2, 0) is 14.8 Å². The summed E-state index contributed by atoms with van der Waals surface area (Å²) in [6.45, 7) is 3.51. The standard InChI is InChI=1S/C15H21ClN4O4S/c1-2-17-15(22)18-14(21)11-19-7-9-20(10-8-19)25(23,24)13-6-4-3-5-12(13)16/h3-6H,2,7-11H2,1H3,(H2,17,18,21,22). The van der Waals surface area contributed by atoms with Crippen LogP contribution in [0.4, 0.5) is 4.79 Å². The number of hydrogen-bond donors (Lipinski definition) is 2. The number of imide groups is 1. The summed E-state index contributed by atoms with van der Waals surface area (Å²) in [5.41, 5.74) is 0. The predicted molar refractivity (Wildman–Crippen MR) is 93.9 cm³/mol. The molecule has 1 saturated heterocycles. The molecule has 0 aromatic heterocycles. The number of nitrogens with zero attached hydrogens (tertiary/aromatic N) is 2. The second-order valence-corrected chi connectivity index (χ2v) is 7.83. The molecule has 0 unspecified atom stereocenters. The van der Waals surface area contributed by atoms with Gasteiger partial charge < -0.3 is 5.32 Å². The summed E-state index contributed by atoms with van der Waals surface area (Å²) < 4.78 is 26.6. The highest BCUT2D eigenvalue weighted by Crippen LogP contribution is 2.24. The van der Waals surface area contributed by atoms with E-state index < -0.39 is 22.0 Å². The average molecular weight is 389 g/mol. The molecule has 0 saturated carbocycles. The number of halogens is 1. The van der Waals surface area contributed by atoms with Crippen molar-refractivity contribution in [1.82, 2.24) is 19.8 Å². The van der Waals surface area contributed by atoms with Gasteiger partial charge in [0.25, 0.3) is 0 Å². The fourth-order valence-corrected chi connectivity index (χ4v) is 4.41. The Morgan fingerprint density at radius 2 is 1.80 bits per heavy atom. The zero-order valence-corrected chi connectivity index (χ0v) is 15.4. The molecule has 2 rings (SSSR count). The Hall–Kier alpha value is -1.68. The molecule has 0 spiro atoms. The van der Waals surface area contributed by atoms with Crippen molar-refractivity contribution in [2.75, 3.05) is 39.3 Å². The van der Waals surface area contributed by atoms with Crippen molar-refractivity contribution >= 4 is 33.6 Å². The van der Waals surface area contributed by atoms with Crippen LogP contribution < -0.4 is 10.6 Å². The fourth-order valence-electron chi connectivity index (χ4n) is 2.50.